The summed E-state index contributed by atoms with van der Waals surface area (Å²) in [5.74, 6) is -3.01. The van der Waals surface area contributed by atoms with Gasteiger partial charge in [0.15, 0.2) is 11.6 Å². The van der Waals surface area contributed by atoms with Gasteiger partial charge in [-0.3, -0.25) is 24.1 Å². The van der Waals surface area contributed by atoms with Gasteiger partial charge in [0, 0.05) is 22.6 Å². The lowest BCUT2D eigenvalue weighted by Gasteiger charge is -2.42. The van der Waals surface area contributed by atoms with Gasteiger partial charge in [0.2, 0.25) is 11.8 Å². The Balaban J connectivity index is 1.47. The Kier molecular flexibility index (Phi) is 5.23. The molecule has 2 aromatic rings. The number of carbonyl (C=O) groups is 4. The molecule has 2 amide bonds. The molecule has 37 heavy (non-hydrogen) atoms. The molecule has 6 heteroatoms. The zero-order valence-corrected chi connectivity index (χ0v) is 20.3. The highest BCUT2D eigenvalue weighted by molar-refractivity contribution is 6.25. The van der Waals surface area contributed by atoms with Crippen LogP contribution in [0.2, 0.25) is 0 Å². The molecule has 0 aromatic heterocycles. The van der Waals surface area contributed by atoms with Crippen LogP contribution in [0.3, 0.4) is 0 Å². The third-order valence-corrected chi connectivity index (χ3v) is 8.16. The first-order chi connectivity index (χ1) is 17.8. The second-order valence-corrected chi connectivity index (χ2v) is 10.1. The molecular formula is C31H25NO5. The summed E-state index contributed by atoms with van der Waals surface area (Å²) in [7, 11) is 0. The second kappa shape index (κ2) is 8.37. The fraction of sp³-hybridized carbons (Fsp3) is 0.226. The lowest BCUT2D eigenvalue weighted by molar-refractivity contribution is -0.123. The van der Waals surface area contributed by atoms with E-state index >= 15 is 0 Å². The molecule has 0 spiro atoms. The van der Waals surface area contributed by atoms with E-state index in [-0.39, 0.29) is 35.6 Å². The number of carbonyl (C=O) groups excluding carboxylic acids is 4. The van der Waals surface area contributed by atoms with Crippen molar-refractivity contribution in [2.24, 2.45) is 17.8 Å². The number of aromatic hydroxyl groups is 1. The molecule has 0 bridgehead atoms. The van der Waals surface area contributed by atoms with E-state index in [0.717, 1.165) is 11.1 Å². The molecule has 1 N–H and O–H groups in total. The van der Waals surface area contributed by atoms with Gasteiger partial charge >= 0.3 is 0 Å². The van der Waals surface area contributed by atoms with Crippen LogP contribution in [0.4, 0.5) is 5.69 Å². The lowest BCUT2D eigenvalue weighted by Crippen LogP contribution is -2.39. The summed E-state index contributed by atoms with van der Waals surface area (Å²) >= 11 is 0. The van der Waals surface area contributed by atoms with Crippen molar-refractivity contribution in [3.05, 3.63) is 101 Å². The van der Waals surface area contributed by atoms with Gasteiger partial charge in [0.05, 0.1) is 17.5 Å². The average Bonchev–Trinajstić information content (AvgIpc) is 3.16. The third kappa shape index (κ3) is 3.39. The molecule has 6 rings (SSSR count). The van der Waals surface area contributed by atoms with Crippen molar-refractivity contribution in [3.63, 3.8) is 0 Å². The highest BCUT2D eigenvalue weighted by Gasteiger charge is 2.56. The van der Waals surface area contributed by atoms with Crippen molar-refractivity contribution < 1.29 is 24.3 Å². The molecule has 6 nitrogen and oxygen atoms in total. The van der Waals surface area contributed by atoms with Crippen LogP contribution in [0, 0.1) is 17.8 Å². The van der Waals surface area contributed by atoms with E-state index in [1.54, 1.807) is 43.3 Å². The van der Waals surface area contributed by atoms with E-state index in [1.165, 1.54) is 11.0 Å². The van der Waals surface area contributed by atoms with E-state index in [9.17, 15) is 24.3 Å². The maximum absolute atomic E-state index is 13.9. The Hall–Kier alpha value is -4.32. The van der Waals surface area contributed by atoms with Crippen LogP contribution in [-0.4, -0.2) is 28.5 Å². The highest BCUT2D eigenvalue weighted by atomic mass is 16.3. The van der Waals surface area contributed by atoms with Crippen LogP contribution in [0.15, 0.2) is 89.6 Å². The van der Waals surface area contributed by atoms with Crippen molar-refractivity contribution in [1.82, 2.24) is 0 Å². The summed E-state index contributed by atoms with van der Waals surface area (Å²) in [4.78, 5) is 55.2. The number of Topliss-reactive ketones (excluding diaryl/α,β-unsaturated/α-hetero) is 1. The zero-order valence-electron chi connectivity index (χ0n) is 20.3. The van der Waals surface area contributed by atoms with Crippen molar-refractivity contribution in [1.29, 1.82) is 0 Å². The largest absolute Gasteiger partial charge is 0.508 e. The molecular weight excluding hydrogens is 466 g/mol. The lowest BCUT2D eigenvalue weighted by atomic mass is 9.59. The summed E-state index contributed by atoms with van der Waals surface area (Å²) in [6.07, 6.45) is 5.64. The Morgan fingerprint density at radius 2 is 1.76 bits per heavy atom. The molecule has 0 radical (unpaired) electrons. The topological polar surface area (TPSA) is 91.8 Å². The molecule has 1 saturated heterocycles. The minimum atomic E-state index is -0.629. The van der Waals surface area contributed by atoms with Gasteiger partial charge < -0.3 is 5.11 Å². The molecule has 4 unspecified atom stereocenters. The molecule has 184 valence electrons. The average molecular weight is 492 g/mol. The van der Waals surface area contributed by atoms with Crippen LogP contribution in [0.1, 0.15) is 36.8 Å². The number of ketones is 2. The number of phenolic OH excluding ortho intramolecular Hbond substituents is 1. The number of phenols is 1. The van der Waals surface area contributed by atoms with Crippen LogP contribution in [-0.2, 0) is 19.2 Å². The normalized spacial score (nSPS) is 26.9. The van der Waals surface area contributed by atoms with Crippen molar-refractivity contribution in [2.45, 2.75) is 25.7 Å². The fourth-order valence-corrected chi connectivity index (χ4v) is 6.46. The van der Waals surface area contributed by atoms with Gasteiger partial charge in [-0.05, 0) is 67.2 Å². The number of benzene rings is 2. The molecule has 0 saturated carbocycles. The maximum atomic E-state index is 13.9. The number of fused-ring (bicyclic) bond motifs is 3. The molecule has 2 aromatic carbocycles. The van der Waals surface area contributed by atoms with Crippen LogP contribution >= 0.6 is 0 Å². The first-order valence-corrected chi connectivity index (χ1v) is 12.4. The van der Waals surface area contributed by atoms with E-state index in [0.29, 0.717) is 34.4 Å². The summed E-state index contributed by atoms with van der Waals surface area (Å²) < 4.78 is 0. The fourth-order valence-electron chi connectivity index (χ4n) is 6.46. The highest BCUT2D eigenvalue weighted by Crippen LogP contribution is 2.55. The van der Waals surface area contributed by atoms with E-state index < -0.39 is 23.7 Å². The first-order valence-electron chi connectivity index (χ1n) is 12.4. The van der Waals surface area contributed by atoms with Crippen LogP contribution in [0.5, 0.6) is 5.75 Å². The number of imide groups is 1. The first kappa shape index (κ1) is 23.1. The molecule has 1 fully saturated rings. The maximum Gasteiger partial charge on any atom is 0.238 e. The molecule has 4 aliphatic rings. The number of rotatable bonds is 3. The molecule has 1 heterocycles. The molecule has 1 aliphatic heterocycles. The summed E-state index contributed by atoms with van der Waals surface area (Å²) in [5, 5.41) is 10.2. The van der Waals surface area contributed by atoms with Gasteiger partial charge in [-0.1, -0.05) is 48.6 Å². The number of allylic oxidation sites excluding steroid dienone is 6. The Labute approximate surface area is 214 Å². The zero-order chi connectivity index (χ0) is 26.0. The van der Waals surface area contributed by atoms with E-state index in [4.69, 9.17) is 0 Å². The Morgan fingerprint density at radius 3 is 2.46 bits per heavy atom. The van der Waals surface area contributed by atoms with Crippen molar-refractivity contribution in [3.8, 4) is 5.75 Å². The van der Waals surface area contributed by atoms with Gasteiger partial charge in [-0.2, -0.15) is 0 Å². The van der Waals surface area contributed by atoms with Crippen LogP contribution < -0.4 is 4.90 Å². The Bertz CT molecular complexity index is 1510. The minimum absolute atomic E-state index is 0.0548. The minimum Gasteiger partial charge on any atom is -0.508 e. The summed E-state index contributed by atoms with van der Waals surface area (Å²) in [5.41, 5.74) is 4.15. The SMILES string of the molecule is C=Cc1ccc(N2C(=O)C3CC=C4C(c5cccc(O)c5)C5=C(CC4C3C2=O)C(=O)C=C(C)C5=O)cc1. The quantitative estimate of drug-likeness (QED) is 0.383. The molecule has 3 aliphatic carbocycles. The van der Waals surface area contributed by atoms with Gasteiger partial charge in [0.1, 0.15) is 5.75 Å². The monoisotopic (exact) mass is 491 g/mol. The standard InChI is InChI=1S/C31H25NO5/c1-3-17-7-9-19(10-8-17)32-30(36)22-12-11-21-23(27(22)31(32)37)15-24-25(34)13-16(2)29(35)28(24)26(21)18-5-4-6-20(33)14-18/h3-11,13-14,22-23,26-27,33H,1,12,15H2,2H3. The predicted molar refractivity (Wildman–Crippen MR) is 138 cm³/mol. The van der Waals surface area contributed by atoms with Gasteiger partial charge in [-0.25, -0.2) is 0 Å². The van der Waals surface area contributed by atoms with Crippen molar-refractivity contribution >= 4 is 35.1 Å². The van der Waals surface area contributed by atoms with Gasteiger partial charge in [-0.15, -0.1) is 0 Å². The van der Waals surface area contributed by atoms with E-state index in [1.807, 2.05) is 24.3 Å². The van der Waals surface area contributed by atoms with Crippen LogP contribution in [0.25, 0.3) is 6.08 Å². The Morgan fingerprint density at radius 1 is 1.00 bits per heavy atom. The third-order valence-electron chi connectivity index (χ3n) is 8.16. The number of hydrogen-bond donors (Lipinski definition) is 1. The molecule has 4 atom stereocenters. The number of nitrogens with zero attached hydrogens (tertiary/aromatic N) is 1. The number of amides is 2. The summed E-state index contributed by atoms with van der Waals surface area (Å²) in [6, 6.07) is 13.8. The van der Waals surface area contributed by atoms with E-state index in [2.05, 4.69) is 6.58 Å². The predicted octanol–water partition coefficient (Wildman–Crippen LogP) is 4.67. The number of hydrogen-bond acceptors (Lipinski definition) is 5. The second-order valence-electron chi connectivity index (χ2n) is 10.1. The summed E-state index contributed by atoms with van der Waals surface area (Å²) in [6.45, 7) is 5.38. The number of anilines is 1. The van der Waals surface area contributed by atoms with Crippen molar-refractivity contribution in [2.75, 3.05) is 4.90 Å². The van der Waals surface area contributed by atoms with Gasteiger partial charge in [0.25, 0.3) is 0 Å². The smallest absolute Gasteiger partial charge is 0.238 e.